The third kappa shape index (κ3) is 3.75. The van der Waals surface area contributed by atoms with Gasteiger partial charge in [-0.05, 0) is 54.7 Å². The van der Waals surface area contributed by atoms with Crippen LogP contribution in [0.3, 0.4) is 0 Å². The summed E-state index contributed by atoms with van der Waals surface area (Å²) in [5, 5.41) is 8.87. The smallest absolute Gasteiger partial charge is 0.223 e. The molecule has 0 N–H and O–H groups in total. The maximum Gasteiger partial charge on any atom is 0.223 e. The first-order valence-corrected chi connectivity index (χ1v) is 9.42. The standard InChI is InChI=1S/C22H22N2O3/c23-15-17-5-3-16(4-6-17)7-10-22(25)24-11-1-2-19(24)18-8-9-20-21(14-18)27-13-12-26-20/h3-6,8-9,14,19H,1-2,7,10-13H2. The highest BCUT2D eigenvalue weighted by atomic mass is 16.6. The molecular formula is C22H22N2O3. The molecule has 5 nitrogen and oxygen atoms in total. The summed E-state index contributed by atoms with van der Waals surface area (Å²) < 4.78 is 11.3. The van der Waals surface area contributed by atoms with Crippen molar-refractivity contribution < 1.29 is 14.3 Å². The molecule has 0 saturated carbocycles. The molecule has 0 spiro atoms. The van der Waals surface area contributed by atoms with Crippen molar-refractivity contribution >= 4 is 5.91 Å². The van der Waals surface area contributed by atoms with E-state index in [0.717, 1.165) is 42.0 Å². The summed E-state index contributed by atoms with van der Waals surface area (Å²) in [6.45, 7) is 1.94. The molecular weight excluding hydrogens is 340 g/mol. The van der Waals surface area contributed by atoms with Gasteiger partial charge in [-0.15, -0.1) is 0 Å². The molecule has 5 heteroatoms. The minimum absolute atomic E-state index is 0.106. The van der Waals surface area contributed by atoms with Crippen molar-refractivity contribution in [1.29, 1.82) is 5.26 Å². The second kappa shape index (κ2) is 7.71. The molecule has 1 amide bonds. The van der Waals surface area contributed by atoms with Gasteiger partial charge in [0.05, 0.1) is 17.7 Å². The van der Waals surface area contributed by atoms with Gasteiger partial charge in [0.25, 0.3) is 0 Å². The first-order chi connectivity index (χ1) is 13.2. The number of hydrogen-bond acceptors (Lipinski definition) is 4. The lowest BCUT2D eigenvalue weighted by molar-refractivity contribution is -0.132. The fourth-order valence-corrected chi connectivity index (χ4v) is 3.82. The van der Waals surface area contributed by atoms with Gasteiger partial charge in [-0.3, -0.25) is 4.79 Å². The molecule has 2 aliphatic rings. The zero-order chi connectivity index (χ0) is 18.6. The maximum atomic E-state index is 12.8. The van der Waals surface area contributed by atoms with Gasteiger partial charge in [0.1, 0.15) is 13.2 Å². The molecule has 1 unspecified atom stereocenters. The Morgan fingerprint density at radius 2 is 1.89 bits per heavy atom. The Balaban J connectivity index is 1.43. The van der Waals surface area contributed by atoms with Crippen molar-refractivity contribution in [2.24, 2.45) is 0 Å². The lowest BCUT2D eigenvalue weighted by Crippen LogP contribution is -2.30. The highest BCUT2D eigenvalue weighted by Crippen LogP contribution is 2.38. The van der Waals surface area contributed by atoms with Gasteiger partial charge in [0.15, 0.2) is 11.5 Å². The Hall–Kier alpha value is -3.00. The van der Waals surface area contributed by atoms with Crippen LogP contribution >= 0.6 is 0 Å². The van der Waals surface area contributed by atoms with E-state index in [0.29, 0.717) is 31.6 Å². The van der Waals surface area contributed by atoms with E-state index in [9.17, 15) is 4.79 Å². The monoisotopic (exact) mass is 362 g/mol. The van der Waals surface area contributed by atoms with Crippen LogP contribution in [-0.4, -0.2) is 30.6 Å². The van der Waals surface area contributed by atoms with E-state index in [1.54, 1.807) is 12.1 Å². The van der Waals surface area contributed by atoms with Crippen LogP contribution in [-0.2, 0) is 11.2 Å². The van der Waals surface area contributed by atoms with E-state index in [1.165, 1.54) is 0 Å². The molecule has 0 bridgehead atoms. The van der Waals surface area contributed by atoms with Crippen molar-refractivity contribution in [2.75, 3.05) is 19.8 Å². The number of nitrogens with zero attached hydrogens (tertiary/aromatic N) is 2. The van der Waals surface area contributed by atoms with E-state index in [4.69, 9.17) is 14.7 Å². The van der Waals surface area contributed by atoms with E-state index < -0.39 is 0 Å². The van der Waals surface area contributed by atoms with Crippen molar-refractivity contribution in [2.45, 2.75) is 31.7 Å². The second-order valence-electron chi connectivity index (χ2n) is 6.96. The predicted octanol–water partition coefficient (Wildman–Crippen LogP) is 3.63. The van der Waals surface area contributed by atoms with Crippen molar-refractivity contribution in [3.05, 3.63) is 59.2 Å². The number of ether oxygens (including phenoxy) is 2. The number of carbonyl (C=O) groups excluding carboxylic acids is 1. The molecule has 1 atom stereocenters. The van der Waals surface area contributed by atoms with E-state index in [-0.39, 0.29) is 11.9 Å². The summed E-state index contributed by atoms with van der Waals surface area (Å²) in [4.78, 5) is 14.8. The van der Waals surface area contributed by atoms with Gasteiger partial charge in [-0.2, -0.15) is 5.26 Å². The topological polar surface area (TPSA) is 62.6 Å². The molecule has 27 heavy (non-hydrogen) atoms. The normalized spacial score (nSPS) is 18.2. The quantitative estimate of drug-likeness (QED) is 0.833. The van der Waals surface area contributed by atoms with Crippen molar-refractivity contribution in [1.82, 2.24) is 4.90 Å². The summed E-state index contributed by atoms with van der Waals surface area (Å²) in [5.41, 5.74) is 2.84. The van der Waals surface area contributed by atoms with E-state index >= 15 is 0 Å². The van der Waals surface area contributed by atoms with Gasteiger partial charge < -0.3 is 14.4 Å². The minimum Gasteiger partial charge on any atom is -0.486 e. The molecule has 2 aromatic rings. The Morgan fingerprint density at radius 1 is 1.11 bits per heavy atom. The molecule has 2 aliphatic heterocycles. The summed E-state index contributed by atoms with van der Waals surface area (Å²) in [6.07, 6.45) is 3.16. The van der Waals surface area contributed by atoms with Gasteiger partial charge in [-0.1, -0.05) is 18.2 Å². The van der Waals surface area contributed by atoms with Gasteiger partial charge >= 0.3 is 0 Å². The third-order valence-corrected chi connectivity index (χ3v) is 5.23. The van der Waals surface area contributed by atoms with E-state index in [1.807, 2.05) is 35.2 Å². The first kappa shape index (κ1) is 17.4. The first-order valence-electron chi connectivity index (χ1n) is 9.42. The fraction of sp³-hybridized carbons (Fsp3) is 0.364. The average Bonchev–Trinajstić information content (AvgIpc) is 3.22. The van der Waals surface area contributed by atoms with Crippen molar-refractivity contribution in [3.63, 3.8) is 0 Å². The summed E-state index contributed by atoms with van der Waals surface area (Å²) in [7, 11) is 0. The van der Waals surface area contributed by atoms with Crippen LogP contribution in [0, 0.1) is 11.3 Å². The summed E-state index contributed by atoms with van der Waals surface area (Å²) >= 11 is 0. The summed E-state index contributed by atoms with van der Waals surface area (Å²) in [6, 6.07) is 15.7. The van der Waals surface area contributed by atoms with Gasteiger partial charge in [0, 0.05) is 13.0 Å². The lowest BCUT2D eigenvalue weighted by Gasteiger charge is -2.27. The number of aryl methyl sites for hydroxylation is 1. The average molecular weight is 362 g/mol. The minimum atomic E-state index is 0.106. The second-order valence-corrected chi connectivity index (χ2v) is 6.96. The number of rotatable bonds is 4. The van der Waals surface area contributed by atoms with Gasteiger partial charge in [0.2, 0.25) is 5.91 Å². The zero-order valence-electron chi connectivity index (χ0n) is 15.2. The Kier molecular flexibility index (Phi) is 4.97. The van der Waals surface area contributed by atoms with Crippen molar-refractivity contribution in [3.8, 4) is 17.6 Å². The van der Waals surface area contributed by atoms with Crippen LogP contribution in [0.4, 0.5) is 0 Å². The van der Waals surface area contributed by atoms with Crippen LogP contribution < -0.4 is 9.47 Å². The predicted molar refractivity (Wildman–Crippen MR) is 101 cm³/mol. The molecule has 0 radical (unpaired) electrons. The summed E-state index contributed by atoms with van der Waals surface area (Å²) in [5.74, 6) is 1.73. The Bertz CT molecular complexity index is 870. The van der Waals surface area contributed by atoms with Crippen LogP contribution in [0.25, 0.3) is 0 Å². The number of nitriles is 1. The number of amides is 1. The molecule has 4 rings (SSSR count). The molecule has 0 aromatic heterocycles. The van der Waals surface area contributed by atoms with Crippen LogP contribution in [0.15, 0.2) is 42.5 Å². The lowest BCUT2D eigenvalue weighted by atomic mass is 10.0. The third-order valence-electron chi connectivity index (χ3n) is 5.23. The zero-order valence-corrected chi connectivity index (χ0v) is 15.2. The van der Waals surface area contributed by atoms with E-state index in [2.05, 4.69) is 6.07 Å². The molecule has 138 valence electrons. The number of hydrogen-bond donors (Lipinski definition) is 0. The Labute approximate surface area is 159 Å². The largest absolute Gasteiger partial charge is 0.486 e. The number of likely N-dealkylation sites (tertiary alicyclic amines) is 1. The van der Waals surface area contributed by atoms with Crippen LogP contribution in [0.2, 0.25) is 0 Å². The Morgan fingerprint density at radius 3 is 2.67 bits per heavy atom. The van der Waals surface area contributed by atoms with Crippen LogP contribution in [0.1, 0.15) is 42.0 Å². The number of fused-ring (bicyclic) bond motifs is 1. The van der Waals surface area contributed by atoms with Crippen LogP contribution in [0.5, 0.6) is 11.5 Å². The fourth-order valence-electron chi connectivity index (χ4n) is 3.82. The molecule has 1 saturated heterocycles. The number of carbonyl (C=O) groups is 1. The molecule has 2 aromatic carbocycles. The molecule has 2 heterocycles. The van der Waals surface area contributed by atoms with Gasteiger partial charge in [-0.25, -0.2) is 0 Å². The molecule has 0 aliphatic carbocycles. The highest BCUT2D eigenvalue weighted by Gasteiger charge is 2.30. The SMILES string of the molecule is N#Cc1ccc(CCC(=O)N2CCCC2c2ccc3c(c2)OCCO3)cc1. The maximum absolute atomic E-state index is 12.8. The highest BCUT2D eigenvalue weighted by molar-refractivity contribution is 5.77. The molecule has 1 fully saturated rings. The number of benzene rings is 2.